The first-order chi connectivity index (χ1) is 13.6. The van der Waals surface area contributed by atoms with Gasteiger partial charge in [0.05, 0.1) is 24.7 Å². The molecule has 1 aromatic heterocycles. The summed E-state index contributed by atoms with van der Waals surface area (Å²) in [5.41, 5.74) is 2.68. The smallest absolute Gasteiger partial charge is 0.318 e. The average Bonchev–Trinajstić information content (AvgIpc) is 3.29. The van der Waals surface area contributed by atoms with Crippen LogP contribution in [0.5, 0.6) is 0 Å². The lowest BCUT2D eigenvalue weighted by atomic mass is 9.97. The Bertz CT molecular complexity index is 1040. The summed E-state index contributed by atoms with van der Waals surface area (Å²) in [6.07, 6.45) is 0. The van der Waals surface area contributed by atoms with E-state index in [1.807, 2.05) is 50.2 Å². The first-order valence-electron chi connectivity index (χ1n) is 9.45. The topological polar surface area (TPSA) is 90.1 Å². The van der Waals surface area contributed by atoms with Gasteiger partial charge in [0.25, 0.3) is 0 Å². The third kappa shape index (κ3) is 3.31. The molecule has 1 atom stereocenters. The van der Waals surface area contributed by atoms with Crippen LogP contribution in [0.3, 0.4) is 0 Å². The van der Waals surface area contributed by atoms with Crippen molar-refractivity contribution in [2.75, 3.05) is 11.9 Å². The Morgan fingerprint density at radius 2 is 1.96 bits per heavy atom. The van der Waals surface area contributed by atoms with Gasteiger partial charge in [0.15, 0.2) is 5.82 Å². The highest BCUT2D eigenvalue weighted by Crippen LogP contribution is 2.28. The highest BCUT2D eigenvalue weighted by Gasteiger charge is 2.29. The minimum Gasteiger partial charge on any atom is -0.338 e. The lowest BCUT2D eigenvalue weighted by Crippen LogP contribution is -2.36. The summed E-state index contributed by atoms with van der Waals surface area (Å²) in [6.45, 7) is 5.23. The zero-order valence-corrected chi connectivity index (χ0v) is 16.0. The number of anilines is 1. The van der Waals surface area contributed by atoms with E-state index in [9.17, 15) is 9.59 Å². The highest BCUT2D eigenvalue weighted by atomic mass is 16.2. The number of H-pyrrole nitrogens is 1. The van der Waals surface area contributed by atoms with Gasteiger partial charge in [0, 0.05) is 12.1 Å². The van der Waals surface area contributed by atoms with Crippen LogP contribution < -0.4 is 10.6 Å². The Balaban J connectivity index is 1.48. The molecule has 0 fully saturated rings. The zero-order chi connectivity index (χ0) is 19.7. The third-order valence-electron chi connectivity index (χ3n) is 5.17. The molecule has 7 heteroatoms. The van der Waals surface area contributed by atoms with E-state index >= 15 is 0 Å². The van der Waals surface area contributed by atoms with Crippen LogP contribution in [0.2, 0.25) is 0 Å². The predicted octanol–water partition coefficient (Wildman–Crippen LogP) is 3.35. The number of carbonyl (C=O) groups excluding carboxylic acids is 2. The van der Waals surface area contributed by atoms with Crippen molar-refractivity contribution in [3.8, 4) is 0 Å². The molecule has 4 rings (SSSR count). The molecule has 144 valence electrons. The summed E-state index contributed by atoms with van der Waals surface area (Å²) >= 11 is 0. The van der Waals surface area contributed by atoms with Crippen molar-refractivity contribution < 1.29 is 9.59 Å². The summed E-state index contributed by atoms with van der Waals surface area (Å²) in [5, 5.41) is 15.1. The Hall–Kier alpha value is -3.35. The van der Waals surface area contributed by atoms with Gasteiger partial charge < -0.3 is 15.5 Å². The van der Waals surface area contributed by atoms with E-state index in [0.717, 1.165) is 27.6 Å². The van der Waals surface area contributed by atoms with Gasteiger partial charge in [0.1, 0.15) is 0 Å². The molecule has 7 nitrogen and oxygen atoms in total. The molecule has 3 aromatic rings. The maximum Gasteiger partial charge on any atom is 0.318 e. The largest absolute Gasteiger partial charge is 0.338 e. The molecule has 0 aliphatic carbocycles. The number of fused-ring (bicyclic) bond motifs is 2. The minimum absolute atomic E-state index is 0.117. The van der Waals surface area contributed by atoms with E-state index in [1.54, 1.807) is 4.90 Å². The van der Waals surface area contributed by atoms with Crippen molar-refractivity contribution >= 4 is 28.5 Å². The van der Waals surface area contributed by atoms with Crippen LogP contribution in [-0.4, -0.2) is 33.6 Å². The van der Waals surface area contributed by atoms with Crippen molar-refractivity contribution in [3.63, 3.8) is 0 Å². The van der Waals surface area contributed by atoms with E-state index in [1.165, 1.54) is 0 Å². The van der Waals surface area contributed by atoms with Crippen LogP contribution in [0.25, 0.3) is 10.8 Å². The fraction of sp³-hybridized carbons (Fsp3) is 0.286. The maximum atomic E-state index is 12.8. The van der Waals surface area contributed by atoms with Gasteiger partial charge >= 0.3 is 6.03 Å². The quantitative estimate of drug-likeness (QED) is 0.651. The van der Waals surface area contributed by atoms with Gasteiger partial charge in [-0.05, 0) is 30.2 Å². The first-order valence-corrected chi connectivity index (χ1v) is 9.45. The van der Waals surface area contributed by atoms with Crippen LogP contribution in [0, 0.1) is 0 Å². The molecule has 2 heterocycles. The lowest BCUT2D eigenvalue weighted by Gasteiger charge is -2.16. The lowest BCUT2D eigenvalue weighted by molar-refractivity contribution is -0.117. The van der Waals surface area contributed by atoms with E-state index in [0.29, 0.717) is 25.5 Å². The number of rotatable bonds is 4. The van der Waals surface area contributed by atoms with E-state index < -0.39 is 0 Å². The molecule has 1 aliphatic rings. The van der Waals surface area contributed by atoms with Crippen molar-refractivity contribution in [2.24, 2.45) is 0 Å². The van der Waals surface area contributed by atoms with E-state index in [4.69, 9.17) is 0 Å². The second-order valence-corrected chi connectivity index (χ2v) is 7.04. The SMILES string of the molecule is CCNC(=O)N1Cc2[nH]nc(NC(=O)C(C)c3ccc4ccccc4c3)c2C1. The third-order valence-corrected chi connectivity index (χ3v) is 5.17. The monoisotopic (exact) mass is 377 g/mol. The highest BCUT2D eigenvalue weighted by molar-refractivity contribution is 5.96. The van der Waals surface area contributed by atoms with Crippen LogP contribution >= 0.6 is 0 Å². The molecule has 28 heavy (non-hydrogen) atoms. The van der Waals surface area contributed by atoms with Gasteiger partial charge in [-0.15, -0.1) is 0 Å². The Labute approximate surface area is 163 Å². The zero-order valence-electron chi connectivity index (χ0n) is 16.0. The molecule has 3 N–H and O–H groups in total. The first kappa shape index (κ1) is 18.0. The summed E-state index contributed by atoms with van der Waals surface area (Å²) < 4.78 is 0. The Kier molecular flexibility index (Phi) is 4.73. The van der Waals surface area contributed by atoms with E-state index in [2.05, 4.69) is 26.9 Å². The van der Waals surface area contributed by atoms with Gasteiger partial charge in [-0.2, -0.15) is 5.10 Å². The van der Waals surface area contributed by atoms with Gasteiger partial charge in [-0.25, -0.2) is 4.79 Å². The number of carbonyl (C=O) groups is 2. The summed E-state index contributed by atoms with van der Waals surface area (Å²) in [4.78, 5) is 26.5. The second-order valence-electron chi connectivity index (χ2n) is 7.04. The molecule has 1 aliphatic heterocycles. The summed E-state index contributed by atoms with van der Waals surface area (Å²) in [7, 11) is 0. The van der Waals surface area contributed by atoms with Crippen LogP contribution in [0.1, 0.15) is 36.6 Å². The molecule has 0 saturated carbocycles. The number of urea groups is 1. The fourth-order valence-corrected chi connectivity index (χ4v) is 3.50. The van der Waals surface area contributed by atoms with Crippen molar-refractivity contribution in [1.29, 1.82) is 0 Å². The summed E-state index contributed by atoms with van der Waals surface area (Å²) in [5.74, 6) is 0.0540. The molecule has 0 spiro atoms. The van der Waals surface area contributed by atoms with Crippen molar-refractivity contribution in [2.45, 2.75) is 32.9 Å². The molecule has 2 aromatic carbocycles. The molecule has 1 unspecified atom stereocenters. The Morgan fingerprint density at radius 3 is 2.75 bits per heavy atom. The van der Waals surface area contributed by atoms with Gasteiger partial charge in [0.2, 0.25) is 5.91 Å². The standard InChI is InChI=1S/C21H23N5O2/c1-3-22-21(28)26-11-17-18(12-26)24-25-19(17)23-20(27)13(2)15-9-8-14-6-4-5-7-16(14)10-15/h4-10,13H,3,11-12H2,1-2H3,(H,22,28)(H2,23,24,25,27). The normalized spacial score (nSPS) is 14.0. The van der Waals surface area contributed by atoms with E-state index in [-0.39, 0.29) is 17.9 Å². The number of hydrogen-bond donors (Lipinski definition) is 3. The fourth-order valence-electron chi connectivity index (χ4n) is 3.50. The van der Waals surface area contributed by atoms with Crippen LogP contribution in [0.15, 0.2) is 42.5 Å². The number of nitrogens with one attached hydrogen (secondary N) is 3. The molecule has 0 saturated heterocycles. The number of hydrogen-bond acceptors (Lipinski definition) is 3. The molecular formula is C21H23N5O2. The maximum absolute atomic E-state index is 12.8. The van der Waals surface area contributed by atoms with Crippen molar-refractivity contribution in [1.82, 2.24) is 20.4 Å². The molecule has 0 radical (unpaired) electrons. The Morgan fingerprint density at radius 1 is 1.18 bits per heavy atom. The van der Waals surface area contributed by atoms with Gasteiger partial charge in [-0.3, -0.25) is 9.89 Å². The molecule has 0 bridgehead atoms. The molecule has 3 amide bonds. The summed E-state index contributed by atoms with van der Waals surface area (Å²) in [6, 6.07) is 14.0. The second kappa shape index (κ2) is 7.34. The molecular weight excluding hydrogens is 354 g/mol. The van der Waals surface area contributed by atoms with Crippen LogP contribution in [-0.2, 0) is 17.9 Å². The number of aromatic nitrogens is 2. The van der Waals surface area contributed by atoms with Crippen LogP contribution in [0.4, 0.5) is 10.6 Å². The van der Waals surface area contributed by atoms with Crippen molar-refractivity contribution in [3.05, 3.63) is 59.3 Å². The number of nitrogens with zero attached hydrogens (tertiary/aromatic N) is 2. The average molecular weight is 377 g/mol. The minimum atomic E-state index is -0.321. The number of benzene rings is 2. The number of amides is 3. The number of aromatic amines is 1. The van der Waals surface area contributed by atoms with Gasteiger partial charge in [-0.1, -0.05) is 42.5 Å². The predicted molar refractivity (Wildman–Crippen MR) is 108 cm³/mol.